The van der Waals surface area contributed by atoms with E-state index >= 15 is 0 Å². The van der Waals surface area contributed by atoms with E-state index in [0.717, 1.165) is 16.7 Å². The van der Waals surface area contributed by atoms with Gasteiger partial charge in [-0.3, -0.25) is 0 Å². The van der Waals surface area contributed by atoms with Crippen LogP contribution in [-0.4, -0.2) is 21.0 Å². The van der Waals surface area contributed by atoms with Gasteiger partial charge in [0.1, 0.15) is 0 Å². The molecule has 3 rings (SSSR count). The molecular weight excluding hydrogens is 268 g/mol. The highest BCUT2D eigenvalue weighted by molar-refractivity contribution is 5.76. The molecule has 4 heteroatoms. The van der Waals surface area contributed by atoms with E-state index in [1.807, 2.05) is 30.3 Å². The van der Waals surface area contributed by atoms with Crippen LogP contribution in [0.25, 0.3) is 11.1 Å². The molecule has 2 aromatic carbocycles. The van der Waals surface area contributed by atoms with E-state index in [4.69, 9.17) is 25.4 Å². The minimum absolute atomic E-state index is 0.217. The van der Waals surface area contributed by atoms with Gasteiger partial charge in [0.05, 0.1) is 14.2 Å². The lowest BCUT2D eigenvalue weighted by atomic mass is 9.99. The van der Waals surface area contributed by atoms with Crippen LogP contribution in [0.5, 0.6) is 23.0 Å². The van der Waals surface area contributed by atoms with Crippen LogP contribution in [0.2, 0.25) is 0 Å². The van der Waals surface area contributed by atoms with Gasteiger partial charge in [0.15, 0.2) is 23.0 Å². The van der Waals surface area contributed by atoms with Gasteiger partial charge < -0.3 is 18.9 Å². The number of rotatable bonds is 3. The molecule has 1 aliphatic rings. The maximum atomic E-state index is 5.61. The molecule has 4 nitrogen and oxygen atoms in total. The van der Waals surface area contributed by atoms with Gasteiger partial charge in [0, 0.05) is 17.2 Å². The quantitative estimate of drug-likeness (QED) is 0.811. The Kier molecular flexibility index (Phi) is 3.33. The number of methoxy groups -OCH3 is 2. The van der Waals surface area contributed by atoms with Crippen LogP contribution in [0.1, 0.15) is 5.56 Å². The first kappa shape index (κ1) is 13.2. The lowest BCUT2D eigenvalue weighted by Crippen LogP contribution is -1.93. The maximum Gasteiger partial charge on any atom is 0.231 e. The molecule has 0 unspecified atom stereocenters. The van der Waals surface area contributed by atoms with Crippen molar-refractivity contribution in [2.45, 2.75) is 0 Å². The predicted octanol–water partition coefficient (Wildman–Crippen LogP) is 3.08. The summed E-state index contributed by atoms with van der Waals surface area (Å²) in [5.74, 6) is 5.37. The first-order valence-corrected chi connectivity index (χ1v) is 6.39. The molecule has 0 saturated carbocycles. The van der Waals surface area contributed by atoms with Crippen molar-refractivity contribution in [3.63, 3.8) is 0 Å². The van der Waals surface area contributed by atoms with Crippen molar-refractivity contribution in [1.29, 1.82) is 0 Å². The zero-order chi connectivity index (χ0) is 14.8. The highest BCUT2D eigenvalue weighted by Gasteiger charge is 2.18. The summed E-state index contributed by atoms with van der Waals surface area (Å²) in [7, 11) is 3.20. The van der Waals surface area contributed by atoms with Crippen LogP contribution in [0, 0.1) is 12.3 Å². The average molecular weight is 282 g/mol. The van der Waals surface area contributed by atoms with Crippen molar-refractivity contribution in [1.82, 2.24) is 0 Å². The van der Waals surface area contributed by atoms with Gasteiger partial charge in [0.2, 0.25) is 6.79 Å². The molecule has 0 fully saturated rings. The summed E-state index contributed by atoms with van der Waals surface area (Å²) in [5.41, 5.74) is 2.56. The van der Waals surface area contributed by atoms with E-state index in [9.17, 15) is 0 Å². The van der Waals surface area contributed by atoms with Crippen molar-refractivity contribution in [3.05, 3.63) is 35.9 Å². The average Bonchev–Trinajstić information content (AvgIpc) is 3.00. The van der Waals surface area contributed by atoms with Crippen molar-refractivity contribution >= 4 is 0 Å². The number of hydrogen-bond acceptors (Lipinski definition) is 4. The van der Waals surface area contributed by atoms with Gasteiger partial charge in [-0.25, -0.2) is 0 Å². The second-order valence-corrected chi connectivity index (χ2v) is 4.47. The summed E-state index contributed by atoms with van der Waals surface area (Å²) in [4.78, 5) is 0. The lowest BCUT2D eigenvalue weighted by molar-refractivity contribution is 0.174. The largest absolute Gasteiger partial charge is 0.493 e. The number of ether oxygens (including phenoxy) is 4. The van der Waals surface area contributed by atoms with E-state index in [0.29, 0.717) is 23.0 Å². The van der Waals surface area contributed by atoms with Gasteiger partial charge in [-0.05, 0) is 23.8 Å². The molecule has 0 radical (unpaired) electrons. The van der Waals surface area contributed by atoms with Crippen molar-refractivity contribution < 1.29 is 18.9 Å². The summed E-state index contributed by atoms with van der Waals surface area (Å²) in [6, 6.07) is 9.36. The van der Waals surface area contributed by atoms with Crippen molar-refractivity contribution in [2.75, 3.05) is 21.0 Å². The molecule has 0 amide bonds. The van der Waals surface area contributed by atoms with E-state index in [1.54, 1.807) is 14.2 Å². The molecule has 0 aromatic heterocycles. The molecule has 1 heterocycles. The molecular formula is C17H14O4. The fourth-order valence-corrected chi connectivity index (χ4v) is 2.30. The van der Waals surface area contributed by atoms with Gasteiger partial charge in [-0.15, -0.1) is 6.42 Å². The number of terminal acetylenes is 1. The Bertz CT molecular complexity index is 728. The second-order valence-electron chi connectivity index (χ2n) is 4.47. The van der Waals surface area contributed by atoms with E-state index < -0.39 is 0 Å². The SMILES string of the molecule is C#Cc1cc2c(cc1-c1ccc(OC)c(OC)c1)OCO2. The highest BCUT2D eigenvalue weighted by Crippen LogP contribution is 2.40. The first-order chi connectivity index (χ1) is 10.3. The van der Waals surface area contributed by atoms with E-state index in [-0.39, 0.29) is 6.79 Å². The summed E-state index contributed by atoms with van der Waals surface area (Å²) >= 11 is 0. The fourth-order valence-electron chi connectivity index (χ4n) is 2.30. The number of fused-ring (bicyclic) bond motifs is 1. The summed E-state index contributed by atoms with van der Waals surface area (Å²) in [6.07, 6.45) is 5.61. The van der Waals surface area contributed by atoms with Gasteiger partial charge >= 0.3 is 0 Å². The molecule has 1 aliphatic heterocycles. The van der Waals surface area contributed by atoms with Crippen LogP contribution in [0.15, 0.2) is 30.3 Å². The molecule has 0 N–H and O–H groups in total. The Morgan fingerprint density at radius 2 is 1.71 bits per heavy atom. The molecule has 0 aliphatic carbocycles. The molecule has 0 atom stereocenters. The van der Waals surface area contributed by atoms with Gasteiger partial charge in [0.25, 0.3) is 0 Å². The third-order valence-corrected chi connectivity index (χ3v) is 3.36. The summed E-state index contributed by atoms with van der Waals surface area (Å²) < 4.78 is 21.3. The van der Waals surface area contributed by atoms with Crippen LogP contribution in [-0.2, 0) is 0 Å². The summed E-state index contributed by atoms with van der Waals surface area (Å²) in [5, 5.41) is 0. The maximum absolute atomic E-state index is 5.61. The monoisotopic (exact) mass is 282 g/mol. The molecule has 0 saturated heterocycles. The molecule has 0 bridgehead atoms. The van der Waals surface area contributed by atoms with E-state index in [2.05, 4.69) is 5.92 Å². The second kappa shape index (κ2) is 5.29. The lowest BCUT2D eigenvalue weighted by Gasteiger charge is -2.11. The first-order valence-electron chi connectivity index (χ1n) is 6.39. The highest BCUT2D eigenvalue weighted by atomic mass is 16.7. The fraction of sp³-hybridized carbons (Fsp3) is 0.176. The van der Waals surface area contributed by atoms with Crippen LogP contribution in [0.4, 0.5) is 0 Å². The van der Waals surface area contributed by atoms with Crippen molar-refractivity contribution in [3.8, 4) is 46.5 Å². The van der Waals surface area contributed by atoms with Crippen LogP contribution < -0.4 is 18.9 Å². The minimum atomic E-state index is 0.217. The zero-order valence-corrected chi connectivity index (χ0v) is 11.8. The predicted molar refractivity (Wildman–Crippen MR) is 79.0 cm³/mol. The normalized spacial score (nSPS) is 11.9. The minimum Gasteiger partial charge on any atom is -0.493 e. The van der Waals surface area contributed by atoms with E-state index in [1.165, 1.54) is 0 Å². The smallest absolute Gasteiger partial charge is 0.231 e. The summed E-state index contributed by atoms with van der Waals surface area (Å²) in [6.45, 7) is 0.217. The van der Waals surface area contributed by atoms with Crippen molar-refractivity contribution in [2.24, 2.45) is 0 Å². The third kappa shape index (κ3) is 2.23. The van der Waals surface area contributed by atoms with Gasteiger partial charge in [-0.1, -0.05) is 12.0 Å². The molecule has 21 heavy (non-hydrogen) atoms. The molecule has 2 aromatic rings. The third-order valence-electron chi connectivity index (χ3n) is 3.36. The Morgan fingerprint density at radius 3 is 2.38 bits per heavy atom. The zero-order valence-electron chi connectivity index (χ0n) is 11.8. The van der Waals surface area contributed by atoms with Crippen LogP contribution >= 0.6 is 0 Å². The Labute approximate surface area is 123 Å². The molecule has 106 valence electrons. The van der Waals surface area contributed by atoms with Gasteiger partial charge in [-0.2, -0.15) is 0 Å². The topological polar surface area (TPSA) is 36.9 Å². The number of hydrogen-bond donors (Lipinski definition) is 0. The molecule has 0 spiro atoms. The Balaban J connectivity index is 2.14. The van der Waals surface area contributed by atoms with Crippen LogP contribution in [0.3, 0.4) is 0 Å². The standard InChI is InChI=1S/C17H14O4/c1-4-11-7-16-17(21-10-20-16)9-13(11)12-5-6-14(18-2)15(8-12)19-3/h1,5-9H,10H2,2-3H3. The Morgan fingerprint density at radius 1 is 1.00 bits per heavy atom. The number of benzene rings is 2. The Hall–Kier alpha value is -2.80.